The van der Waals surface area contributed by atoms with E-state index in [1.54, 1.807) is 0 Å². The number of aromatic nitrogens is 2. The van der Waals surface area contributed by atoms with Crippen LogP contribution < -0.4 is 4.57 Å². The summed E-state index contributed by atoms with van der Waals surface area (Å²) in [5, 5.41) is 0. The average Bonchev–Trinajstić information content (AvgIpc) is 2.54. The summed E-state index contributed by atoms with van der Waals surface area (Å²) in [7, 11) is -4.42. The molecule has 0 bridgehead atoms. The minimum atomic E-state index is -4.42. The molecule has 0 saturated heterocycles. The zero-order chi connectivity index (χ0) is 11.0. The molecule has 6 nitrogen and oxygen atoms in total. The van der Waals surface area contributed by atoms with Crippen molar-refractivity contribution < 1.29 is 21.7 Å². The molecule has 1 aromatic rings. The van der Waals surface area contributed by atoms with Crippen LogP contribution in [0.2, 0.25) is 0 Å². The predicted molar refractivity (Wildman–Crippen MR) is 48.0 cm³/mol. The van der Waals surface area contributed by atoms with Gasteiger partial charge in [0.15, 0.2) is 0 Å². The van der Waals surface area contributed by atoms with Gasteiger partial charge in [0.05, 0.1) is 13.2 Å². The number of H-pyrrole nitrogens is 1. The van der Waals surface area contributed by atoms with Gasteiger partial charge in [-0.15, -0.1) is 0 Å². The SMILES string of the molecule is CCOS(=O)(=O)[O-].CC[n+]1cc[nH]c1. The number of hydrogen-bond acceptors (Lipinski definition) is 4. The van der Waals surface area contributed by atoms with E-state index in [2.05, 4.69) is 20.7 Å². The summed E-state index contributed by atoms with van der Waals surface area (Å²) in [5.74, 6) is 0. The Balaban J connectivity index is 0.000000241. The molecule has 0 atom stereocenters. The molecule has 0 aliphatic rings. The number of nitrogens with one attached hydrogen (secondary N) is 1. The van der Waals surface area contributed by atoms with Gasteiger partial charge in [-0.25, -0.2) is 13.0 Å². The van der Waals surface area contributed by atoms with Gasteiger partial charge >= 0.3 is 0 Å². The summed E-state index contributed by atoms with van der Waals surface area (Å²) < 4.78 is 34.1. The second kappa shape index (κ2) is 6.52. The van der Waals surface area contributed by atoms with Gasteiger partial charge in [0.25, 0.3) is 0 Å². The molecule has 82 valence electrons. The van der Waals surface area contributed by atoms with Crippen LogP contribution in [-0.4, -0.2) is 24.6 Å². The quantitative estimate of drug-likeness (QED) is 0.436. The molecule has 0 unspecified atom stereocenters. The fourth-order valence-corrected chi connectivity index (χ4v) is 0.950. The van der Waals surface area contributed by atoms with Crippen molar-refractivity contribution in [2.45, 2.75) is 20.4 Å². The Bertz CT molecular complexity index is 319. The lowest BCUT2D eigenvalue weighted by Crippen LogP contribution is -2.27. The standard InChI is InChI=1S/C5H8N2.C2H6O4S/c1-2-7-4-3-6-5-7;1-2-6-7(3,4)5/h3-5H,2H2,1H3;2H2,1H3,(H,3,4,5). The van der Waals surface area contributed by atoms with Crippen molar-refractivity contribution >= 4 is 10.4 Å². The Morgan fingerprint density at radius 1 is 1.50 bits per heavy atom. The van der Waals surface area contributed by atoms with Crippen molar-refractivity contribution in [3.05, 3.63) is 18.7 Å². The fraction of sp³-hybridized carbons (Fsp3) is 0.571. The van der Waals surface area contributed by atoms with E-state index in [4.69, 9.17) is 0 Å². The second-order valence-corrected chi connectivity index (χ2v) is 3.31. The van der Waals surface area contributed by atoms with Crippen molar-refractivity contribution in [2.24, 2.45) is 0 Å². The Morgan fingerprint density at radius 2 is 2.14 bits per heavy atom. The number of nitrogens with zero attached hydrogens (tertiary/aromatic N) is 1. The summed E-state index contributed by atoms with van der Waals surface area (Å²) >= 11 is 0. The maximum absolute atomic E-state index is 9.45. The molecule has 0 spiro atoms. The van der Waals surface area contributed by atoms with Crippen molar-refractivity contribution in [3.8, 4) is 0 Å². The van der Waals surface area contributed by atoms with Gasteiger partial charge in [0, 0.05) is 0 Å². The van der Waals surface area contributed by atoms with Crippen LogP contribution in [0.25, 0.3) is 0 Å². The minimum absolute atomic E-state index is 0.0914. The normalized spacial score (nSPS) is 10.5. The molecule has 1 N–H and O–H groups in total. The highest BCUT2D eigenvalue weighted by molar-refractivity contribution is 7.80. The van der Waals surface area contributed by atoms with E-state index in [9.17, 15) is 13.0 Å². The summed E-state index contributed by atoms with van der Waals surface area (Å²) in [6, 6.07) is 0. The fourth-order valence-electron chi connectivity index (χ4n) is 0.662. The Labute approximate surface area is 83.5 Å². The molecule has 0 amide bonds. The van der Waals surface area contributed by atoms with Crippen molar-refractivity contribution in [3.63, 3.8) is 0 Å². The van der Waals surface area contributed by atoms with Gasteiger partial charge in [-0.1, -0.05) is 0 Å². The van der Waals surface area contributed by atoms with Gasteiger partial charge in [-0.05, 0) is 13.8 Å². The van der Waals surface area contributed by atoms with Crippen molar-refractivity contribution in [1.82, 2.24) is 4.98 Å². The number of aryl methyl sites for hydroxylation is 1. The van der Waals surface area contributed by atoms with E-state index in [1.165, 1.54) is 6.92 Å². The lowest BCUT2D eigenvalue weighted by Gasteiger charge is -2.02. The average molecular weight is 222 g/mol. The first kappa shape index (κ1) is 13.1. The maximum Gasteiger partial charge on any atom is 0.241 e. The molecule has 0 aromatic carbocycles. The summed E-state index contributed by atoms with van der Waals surface area (Å²) in [4.78, 5) is 2.94. The molecule has 0 aliphatic carbocycles. The van der Waals surface area contributed by atoms with Crippen LogP contribution in [0, 0.1) is 0 Å². The Kier molecular flexibility index (Phi) is 6.09. The second-order valence-electron chi connectivity index (χ2n) is 2.26. The molecule has 14 heavy (non-hydrogen) atoms. The Hall–Kier alpha value is -0.920. The molecular weight excluding hydrogens is 208 g/mol. The number of hydrogen-bond donors (Lipinski definition) is 1. The van der Waals surface area contributed by atoms with Gasteiger partial charge < -0.3 is 4.55 Å². The van der Waals surface area contributed by atoms with Gasteiger partial charge in [0.1, 0.15) is 12.4 Å². The number of aromatic amines is 1. The molecule has 0 radical (unpaired) electrons. The highest BCUT2D eigenvalue weighted by Gasteiger charge is 1.86. The van der Waals surface area contributed by atoms with Crippen LogP contribution in [0.15, 0.2) is 18.7 Å². The largest absolute Gasteiger partial charge is 0.726 e. The first-order valence-corrected chi connectivity index (χ1v) is 5.45. The van der Waals surface area contributed by atoms with Crippen LogP contribution in [0.5, 0.6) is 0 Å². The van der Waals surface area contributed by atoms with Crippen molar-refractivity contribution in [1.29, 1.82) is 0 Å². The number of rotatable bonds is 3. The monoisotopic (exact) mass is 222 g/mol. The molecule has 1 aromatic heterocycles. The molecule has 1 rings (SSSR count). The lowest BCUT2D eigenvalue weighted by atomic mass is 10.7. The van der Waals surface area contributed by atoms with Crippen molar-refractivity contribution in [2.75, 3.05) is 6.61 Å². The van der Waals surface area contributed by atoms with Gasteiger partial charge in [0.2, 0.25) is 16.7 Å². The maximum atomic E-state index is 9.45. The van der Waals surface area contributed by atoms with Crippen LogP contribution in [0.4, 0.5) is 0 Å². The highest BCUT2D eigenvalue weighted by atomic mass is 32.3. The molecular formula is C7H14N2O4S. The third-order valence-electron chi connectivity index (χ3n) is 1.23. The Morgan fingerprint density at radius 3 is 2.29 bits per heavy atom. The third-order valence-corrected chi connectivity index (χ3v) is 1.75. The zero-order valence-corrected chi connectivity index (χ0v) is 8.95. The van der Waals surface area contributed by atoms with E-state index in [0.29, 0.717) is 0 Å². The number of imidazole rings is 1. The molecule has 0 saturated carbocycles. The predicted octanol–water partition coefficient (Wildman–Crippen LogP) is -0.195. The van der Waals surface area contributed by atoms with Crippen LogP contribution >= 0.6 is 0 Å². The van der Waals surface area contributed by atoms with Crippen LogP contribution in [0.3, 0.4) is 0 Å². The topological polar surface area (TPSA) is 86.1 Å². The van der Waals surface area contributed by atoms with Gasteiger partial charge in [-0.3, -0.25) is 9.17 Å². The third kappa shape index (κ3) is 7.71. The van der Waals surface area contributed by atoms with Gasteiger partial charge in [-0.2, -0.15) is 0 Å². The minimum Gasteiger partial charge on any atom is -0.726 e. The first-order chi connectivity index (χ1) is 6.49. The van der Waals surface area contributed by atoms with E-state index < -0.39 is 10.4 Å². The van der Waals surface area contributed by atoms with Crippen LogP contribution in [-0.2, 0) is 21.1 Å². The first-order valence-electron chi connectivity index (χ1n) is 4.11. The highest BCUT2D eigenvalue weighted by Crippen LogP contribution is 1.80. The molecule has 7 heteroatoms. The summed E-state index contributed by atoms with van der Waals surface area (Å²) in [6.45, 7) is 4.48. The lowest BCUT2D eigenvalue weighted by molar-refractivity contribution is -0.692. The molecule has 0 fully saturated rings. The molecule has 1 heterocycles. The smallest absolute Gasteiger partial charge is 0.241 e. The van der Waals surface area contributed by atoms with E-state index >= 15 is 0 Å². The van der Waals surface area contributed by atoms with Crippen LogP contribution in [0.1, 0.15) is 13.8 Å². The van der Waals surface area contributed by atoms with E-state index in [-0.39, 0.29) is 6.61 Å². The van der Waals surface area contributed by atoms with E-state index in [1.807, 2.05) is 18.7 Å². The summed E-state index contributed by atoms with van der Waals surface area (Å²) in [5.41, 5.74) is 0. The zero-order valence-electron chi connectivity index (χ0n) is 8.13. The van der Waals surface area contributed by atoms with E-state index in [0.717, 1.165) is 6.54 Å². The molecule has 0 aliphatic heterocycles. The summed E-state index contributed by atoms with van der Waals surface area (Å²) in [6.07, 6.45) is 5.84.